The fourth-order valence-corrected chi connectivity index (χ4v) is 4.19. The second-order valence-electron chi connectivity index (χ2n) is 6.52. The number of aromatic nitrogens is 3. The number of fused-ring (bicyclic) bond motifs is 2. The maximum atomic E-state index is 12.9. The molecule has 0 radical (unpaired) electrons. The molecule has 0 N–H and O–H groups in total. The Morgan fingerprint density at radius 1 is 1.07 bits per heavy atom. The molecule has 27 heavy (non-hydrogen) atoms. The maximum absolute atomic E-state index is 12.9. The number of oxazole rings is 1. The third-order valence-electron chi connectivity index (χ3n) is 4.41. The van der Waals surface area contributed by atoms with Gasteiger partial charge in [0.15, 0.2) is 10.7 Å². The SMILES string of the molecule is CC(C)n1c(SCCn2c(=O)oc3ccccc32)nc2ccccc2c1=O. The average Bonchev–Trinajstić information content (AvgIpc) is 2.97. The van der Waals surface area contributed by atoms with Crippen molar-refractivity contribution in [1.82, 2.24) is 14.1 Å². The van der Waals surface area contributed by atoms with Gasteiger partial charge in [0.05, 0.1) is 16.4 Å². The lowest BCUT2D eigenvalue weighted by Crippen LogP contribution is -2.25. The highest BCUT2D eigenvalue weighted by Crippen LogP contribution is 2.21. The molecule has 0 spiro atoms. The van der Waals surface area contributed by atoms with E-state index >= 15 is 0 Å². The van der Waals surface area contributed by atoms with Gasteiger partial charge in [0, 0.05) is 18.3 Å². The number of aryl methyl sites for hydroxylation is 1. The Morgan fingerprint density at radius 3 is 2.63 bits per heavy atom. The monoisotopic (exact) mass is 381 g/mol. The number of thioether (sulfide) groups is 1. The van der Waals surface area contributed by atoms with Gasteiger partial charge in [-0.05, 0) is 38.1 Å². The zero-order valence-electron chi connectivity index (χ0n) is 15.1. The third kappa shape index (κ3) is 3.19. The summed E-state index contributed by atoms with van der Waals surface area (Å²) in [6.45, 7) is 4.41. The summed E-state index contributed by atoms with van der Waals surface area (Å²) in [6.07, 6.45) is 0. The molecule has 0 aliphatic heterocycles. The van der Waals surface area contributed by atoms with Gasteiger partial charge < -0.3 is 4.42 Å². The van der Waals surface area contributed by atoms with E-state index in [2.05, 4.69) is 4.98 Å². The highest BCUT2D eigenvalue weighted by molar-refractivity contribution is 7.99. The van der Waals surface area contributed by atoms with Crippen LogP contribution in [0.2, 0.25) is 0 Å². The van der Waals surface area contributed by atoms with Crippen LogP contribution in [-0.4, -0.2) is 19.9 Å². The summed E-state index contributed by atoms with van der Waals surface area (Å²) in [5.41, 5.74) is 2.00. The fraction of sp³-hybridized carbons (Fsp3) is 0.250. The molecule has 138 valence electrons. The van der Waals surface area contributed by atoms with E-state index in [1.807, 2.05) is 50.2 Å². The van der Waals surface area contributed by atoms with Crippen molar-refractivity contribution >= 4 is 33.8 Å². The van der Waals surface area contributed by atoms with Crippen LogP contribution in [0.25, 0.3) is 22.0 Å². The molecule has 2 heterocycles. The molecule has 0 atom stereocenters. The van der Waals surface area contributed by atoms with E-state index in [1.54, 1.807) is 21.3 Å². The molecule has 0 amide bonds. The molecular formula is C20H19N3O3S. The lowest BCUT2D eigenvalue weighted by Gasteiger charge is -2.16. The van der Waals surface area contributed by atoms with Gasteiger partial charge in [-0.3, -0.25) is 13.9 Å². The summed E-state index contributed by atoms with van der Waals surface area (Å²) in [7, 11) is 0. The summed E-state index contributed by atoms with van der Waals surface area (Å²) in [4.78, 5) is 29.6. The Bertz CT molecular complexity index is 1240. The van der Waals surface area contributed by atoms with E-state index in [0.717, 1.165) is 5.52 Å². The smallest absolute Gasteiger partial charge is 0.408 e. The third-order valence-corrected chi connectivity index (χ3v) is 5.34. The molecule has 0 saturated carbocycles. The first-order valence-corrected chi connectivity index (χ1v) is 9.77. The van der Waals surface area contributed by atoms with Gasteiger partial charge >= 0.3 is 5.76 Å². The van der Waals surface area contributed by atoms with Gasteiger partial charge in [-0.1, -0.05) is 36.0 Å². The van der Waals surface area contributed by atoms with Crippen LogP contribution < -0.4 is 11.3 Å². The second kappa shape index (κ2) is 7.08. The van der Waals surface area contributed by atoms with Gasteiger partial charge in [0.25, 0.3) is 5.56 Å². The van der Waals surface area contributed by atoms with Gasteiger partial charge in [0.1, 0.15) is 0 Å². The number of para-hydroxylation sites is 3. The summed E-state index contributed by atoms with van der Waals surface area (Å²) in [6, 6.07) is 14.7. The Balaban J connectivity index is 1.65. The standard InChI is InChI=1S/C20H19N3O3S/c1-13(2)23-18(24)14-7-3-4-8-15(14)21-19(23)27-12-11-22-16-9-5-6-10-17(16)26-20(22)25/h3-10,13H,11-12H2,1-2H3. The van der Waals surface area contributed by atoms with Gasteiger partial charge in [-0.15, -0.1) is 0 Å². The molecule has 4 aromatic rings. The minimum atomic E-state index is -0.371. The molecule has 0 bridgehead atoms. The van der Waals surface area contributed by atoms with Crippen LogP contribution in [-0.2, 0) is 6.54 Å². The van der Waals surface area contributed by atoms with Crippen molar-refractivity contribution in [2.45, 2.75) is 31.6 Å². The number of benzene rings is 2. The lowest BCUT2D eigenvalue weighted by atomic mass is 10.2. The zero-order chi connectivity index (χ0) is 19.0. The molecule has 0 aliphatic carbocycles. The molecule has 0 fully saturated rings. The minimum absolute atomic E-state index is 0.00501. The van der Waals surface area contributed by atoms with Crippen molar-refractivity contribution in [3.63, 3.8) is 0 Å². The second-order valence-corrected chi connectivity index (χ2v) is 7.58. The first kappa shape index (κ1) is 17.6. The van der Waals surface area contributed by atoms with Crippen LogP contribution in [0, 0.1) is 0 Å². The van der Waals surface area contributed by atoms with Crippen molar-refractivity contribution in [2.24, 2.45) is 0 Å². The van der Waals surface area contributed by atoms with E-state index in [1.165, 1.54) is 11.8 Å². The van der Waals surface area contributed by atoms with Crippen LogP contribution in [0.3, 0.4) is 0 Å². The fourth-order valence-electron chi connectivity index (χ4n) is 3.14. The molecule has 2 aromatic carbocycles. The van der Waals surface area contributed by atoms with E-state index in [4.69, 9.17) is 4.42 Å². The number of nitrogens with zero attached hydrogens (tertiary/aromatic N) is 3. The first-order valence-electron chi connectivity index (χ1n) is 8.78. The Kier molecular flexibility index (Phi) is 4.61. The number of hydrogen-bond donors (Lipinski definition) is 0. The maximum Gasteiger partial charge on any atom is 0.419 e. The number of rotatable bonds is 5. The summed E-state index contributed by atoms with van der Waals surface area (Å²) >= 11 is 1.47. The molecule has 0 unspecified atom stereocenters. The van der Waals surface area contributed by atoms with Crippen molar-refractivity contribution in [1.29, 1.82) is 0 Å². The predicted octanol–water partition coefficient (Wildman–Crippen LogP) is 3.68. The summed E-state index contributed by atoms with van der Waals surface area (Å²) < 4.78 is 8.59. The molecule has 4 rings (SSSR count). The molecule has 0 saturated heterocycles. The minimum Gasteiger partial charge on any atom is -0.408 e. The molecule has 6 nitrogen and oxygen atoms in total. The quantitative estimate of drug-likeness (QED) is 0.390. The molecular weight excluding hydrogens is 362 g/mol. The van der Waals surface area contributed by atoms with Crippen molar-refractivity contribution in [3.05, 3.63) is 69.4 Å². The van der Waals surface area contributed by atoms with Crippen molar-refractivity contribution < 1.29 is 4.42 Å². The molecule has 2 aromatic heterocycles. The Morgan fingerprint density at radius 2 is 1.81 bits per heavy atom. The normalized spacial score (nSPS) is 11.7. The van der Waals surface area contributed by atoms with Gasteiger partial charge in [0.2, 0.25) is 0 Å². The van der Waals surface area contributed by atoms with E-state index in [-0.39, 0.29) is 17.4 Å². The predicted molar refractivity (Wildman–Crippen MR) is 108 cm³/mol. The molecule has 0 aliphatic rings. The van der Waals surface area contributed by atoms with E-state index < -0.39 is 0 Å². The van der Waals surface area contributed by atoms with Crippen molar-refractivity contribution in [2.75, 3.05) is 5.75 Å². The van der Waals surface area contributed by atoms with Crippen LogP contribution in [0.5, 0.6) is 0 Å². The van der Waals surface area contributed by atoms with Crippen LogP contribution in [0.4, 0.5) is 0 Å². The van der Waals surface area contributed by atoms with E-state index in [0.29, 0.717) is 33.9 Å². The van der Waals surface area contributed by atoms with Crippen molar-refractivity contribution in [3.8, 4) is 0 Å². The average molecular weight is 381 g/mol. The zero-order valence-corrected chi connectivity index (χ0v) is 15.9. The van der Waals surface area contributed by atoms with Crippen LogP contribution in [0.1, 0.15) is 19.9 Å². The highest BCUT2D eigenvalue weighted by atomic mass is 32.2. The number of hydrogen-bond acceptors (Lipinski definition) is 5. The van der Waals surface area contributed by atoms with Gasteiger partial charge in [-0.2, -0.15) is 0 Å². The Hall–Kier alpha value is -2.80. The van der Waals surface area contributed by atoms with Crippen LogP contribution >= 0.6 is 11.8 Å². The Labute approximate surface area is 159 Å². The topological polar surface area (TPSA) is 70.0 Å². The largest absolute Gasteiger partial charge is 0.419 e. The highest BCUT2D eigenvalue weighted by Gasteiger charge is 2.14. The van der Waals surface area contributed by atoms with Gasteiger partial charge in [-0.25, -0.2) is 9.78 Å². The first-order chi connectivity index (χ1) is 13.1. The lowest BCUT2D eigenvalue weighted by molar-refractivity contribution is 0.511. The molecule has 7 heteroatoms. The summed E-state index contributed by atoms with van der Waals surface area (Å²) in [5.74, 6) is 0.227. The van der Waals surface area contributed by atoms with Crippen LogP contribution in [0.15, 0.2) is 67.7 Å². The van der Waals surface area contributed by atoms with E-state index in [9.17, 15) is 9.59 Å². The summed E-state index contributed by atoms with van der Waals surface area (Å²) in [5, 5.41) is 1.28.